The minimum absolute atomic E-state index is 0.0454. The number of benzene rings is 2. The van der Waals surface area contributed by atoms with E-state index in [2.05, 4.69) is 4.98 Å². The lowest BCUT2D eigenvalue weighted by Crippen LogP contribution is -2.31. The highest BCUT2D eigenvalue weighted by Gasteiger charge is 2.19. The van der Waals surface area contributed by atoms with Crippen molar-refractivity contribution >= 4 is 11.6 Å². The van der Waals surface area contributed by atoms with E-state index in [4.69, 9.17) is 0 Å². The number of carbonyl (C=O) groups excluding carboxylic acids is 1. The Bertz CT molecular complexity index is 820. The van der Waals surface area contributed by atoms with Gasteiger partial charge < -0.3 is 10.0 Å². The average molecular weight is 332 g/mol. The molecular formula is C21H20N2O2. The Balaban J connectivity index is 1.80. The molecule has 0 spiro atoms. The van der Waals surface area contributed by atoms with Crippen LogP contribution in [0.25, 0.3) is 0 Å². The number of anilines is 1. The summed E-state index contributed by atoms with van der Waals surface area (Å²) in [5, 5.41) is 10.2. The van der Waals surface area contributed by atoms with Crippen molar-refractivity contribution in [3.05, 3.63) is 90.3 Å². The fraction of sp³-hybridized carbons (Fsp3) is 0.143. The van der Waals surface area contributed by atoms with Crippen LogP contribution in [-0.2, 0) is 17.8 Å². The summed E-state index contributed by atoms with van der Waals surface area (Å²) in [6, 6.07) is 22.4. The van der Waals surface area contributed by atoms with E-state index in [1.807, 2.05) is 54.6 Å². The van der Waals surface area contributed by atoms with Crippen LogP contribution in [0, 0.1) is 0 Å². The molecule has 126 valence electrons. The van der Waals surface area contributed by atoms with Gasteiger partial charge in [0.05, 0.1) is 17.9 Å². The van der Waals surface area contributed by atoms with E-state index < -0.39 is 0 Å². The molecular weight excluding hydrogens is 312 g/mol. The average Bonchev–Trinajstić information content (AvgIpc) is 2.66. The van der Waals surface area contributed by atoms with Gasteiger partial charge >= 0.3 is 0 Å². The first-order chi connectivity index (χ1) is 12.2. The van der Waals surface area contributed by atoms with Gasteiger partial charge in [-0.15, -0.1) is 0 Å². The smallest absolute Gasteiger partial charge is 0.227 e. The molecule has 0 atom stereocenters. The van der Waals surface area contributed by atoms with Crippen LogP contribution in [-0.4, -0.2) is 16.0 Å². The van der Waals surface area contributed by atoms with Crippen molar-refractivity contribution < 1.29 is 9.90 Å². The van der Waals surface area contributed by atoms with Crippen molar-refractivity contribution in [1.82, 2.24) is 4.98 Å². The maximum Gasteiger partial charge on any atom is 0.227 e. The van der Waals surface area contributed by atoms with Crippen molar-refractivity contribution in [2.24, 2.45) is 0 Å². The highest BCUT2D eigenvalue weighted by atomic mass is 16.3. The van der Waals surface area contributed by atoms with Crippen LogP contribution in [0.1, 0.15) is 17.7 Å². The van der Waals surface area contributed by atoms with Gasteiger partial charge in [-0.2, -0.15) is 0 Å². The van der Waals surface area contributed by atoms with Crippen molar-refractivity contribution in [2.75, 3.05) is 4.90 Å². The van der Waals surface area contributed by atoms with E-state index in [1.54, 1.807) is 29.3 Å². The molecule has 0 aliphatic rings. The molecule has 4 nitrogen and oxygen atoms in total. The molecule has 0 saturated heterocycles. The van der Waals surface area contributed by atoms with E-state index >= 15 is 0 Å². The first kappa shape index (κ1) is 16.7. The number of amides is 1. The molecule has 0 bridgehead atoms. The monoisotopic (exact) mass is 332 g/mol. The van der Waals surface area contributed by atoms with E-state index in [9.17, 15) is 9.90 Å². The number of nitrogens with zero attached hydrogens (tertiary/aromatic N) is 2. The second-order valence-electron chi connectivity index (χ2n) is 5.78. The van der Waals surface area contributed by atoms with E-state index in [0.29, 0.717) is 25.1 Å². The quantitative estimate of drug-likeness (QED) is 0.743. The molecule has 0 fully saturated rings. The Kier molecular flexibility index (Phi) is 5.42. The maximum absolute atomic E-state index is 12.9. The van der Waals surface area contributed by atoms with Gasteiger partial charge in [0.1, 0.15) is 5.75 Å². The van der Waals surface area contributed by atoms with Gasteiger partial charge in [-0.05, 0) is 36.2 Å². The van der Waals surface area contributed by atoms with E-state index in [1.165, 1.54) is 0 Å². The fourth-order valence-electron chi connectivity index (χ4n) is 2.68. The van der Waals surface area contributed by atoms with Gasteiger partial charge in [-0.1, -0.05) is 48.5 Å². The van der Waals surface area contributed by atoms with Gasteiger partial charge in [-0.3, -0.25) is 9.78 Å². The number of pyridine rings is 1. The Morgan fingerprint density at radius 1 is 0.920 bits per heavy atom. The van der Waals surface area contributed by atoms with Gasteiger partial charge in [0.15, 0.2) is 0 Å². The number of carbonyl (C=O) groups is 1. The second-order valence-corrected chi connectivity index (χ2v) is 5.78. The predicted molar refractivity (Wildman–Crippen MR) is 98.3 cm³/mol. The first-order valence-corrected chi connectivity index (χ1v) is 8.26. The van der Waals surface area contributed by atoms with Crippen LogP contribution in [0.2, 0.25) is 0 Å². The van der Waals surface area contributed by atoms with Gasteiger partial charge in [0.2, 0.25) is 5.91 Å². The molecule has 3 rings (SSSR count). The van der Waals surface area contributed by atoms with Crippen molar-refractivity contribution in [3.63, 3.8) is 0 Å². The summed E-state index contributed by atoms with van der Waals surface area (Å²) >= 11 is 0. The Morgan fingerprint density at radius 2 is 1.64 bits per heavy atom. The molecule has 3 aromatic rings. The summed E-state index contributed by atoms with van der Waals surface area (Å²) in [5.41, 5.74) is 2.40. The number of rotatable bonds is 6. The van der Waals surface area contributed by atoms with Crippen molar-refractivity contribution in [3.8, 4) is 5.75 Å². The lowest BCUT2D eigenvalue weighted by molar-refractivity contribution is -0.118. The standard InChI is InChI=1S/C21H20N2O2/c24-20-12-5-4-11-19(20)23(16-18-10-6-7-15-22-18)21(25)14-13-17-8-2-1-3-9-17/h1-12,15,24H,13-14,16H2. The maximum atomic E-state index is 12.9. The van der Waals surface area contributed by atoms with Crippen LogP contribution < -0.4 is 4.90 Å². The van der Waals surface area contributed by atoms with Gasteiger partial charge in [-0.25, -0.2) is 0 Å². The third kappa shape index (κ3) is 4.44. The summed E-state index contributed by atoms with van der Waals surface area (Å²) in [7, 11) is 0. The number of hydrogen-bond acceptors (Lipinski definition) is 3. The van der Waals surface area contributed by atoms with Crippen LogP contribution in [0.5, 0.6) is 5.75 Å². The minimum Gasteiger partial charge on any atom is -0.506 e. The highest BCUT2D eigenvalue weighted by molar-refractivity contribution is 5.94. The van der Waals surface area contributed by atoms with Crippen LogP contribution in [0.4, 0.5) is 5.69 Å². The molecule has 1 N–H and O–H groups in total. The molecule has 1 heterocycles. The van der Waals surface area contributed by atoms with Crippen molar-refractivity contribution in [1.29, 1.82) is 0 Å². The van der Waals surface area contributed by atoms with Crippen LogP contribution >= 0.6 is 0 Å². The number of phenolic OH excluding ortho intramolecular Hbond substituents is 1. The summed E-state index contributed by atoms with van der Waals surface area (Å²) in [4.78, 5) is 18.8. The molecule has 0 saturated carbocycles. The molecule has 0 aliphatic carbocycles. The summed E-state index contributed by atoms with van der Waals surface area (Å²) < 4.78 is 0. The number of aryl methyl sites for hydroxylation is 1. The third-order valence-corrected chi connectivity index (χ3v) is 3.99. The molecule has 1 aromatic heterocycles. The zero-order valence-corrected chi connectivity index (χ0v) is 13.9. The number of aromatic hydroxyl groups is 1. The highest BCUT2D eigenvalue weighted by Crippen LogP contribution is 2.28. The van der Waals surface area contributed by atoms with Crippen molar-refractivity contribution in [2.45, 2.75) is 19.4 Å². The SMILES string of the molecule is O=C(CCc1ccccc1)N(Cc1ccccn1)c1ccccc1O. The summed E-state index contributed by atoms with van der Waals surface area (Å²) in [6.07, 6.45) is 2.73. The van der Waals surface area contributed by atoms with E-state index in [-0.39, 0.29) is 11.7 Å². The number of aromatic nitrogens is 1. The van der Waals surface area contributed by atoms with E-state index in [0.717, 1.165) is 11.3 Å². The molecule has 1 amide bonds. The molecule has 0 unspecified atom stereocenters. The Hall–Kier alpha value is -3.14. The molecule has 0 radical (unpaired) electrons. The second kappa shape index (κ2) is 8.11. The van der Waals surface area contributed by atoms with Crippen LogP contribution in [0.15, 0.2) is 79.0 Å². The summed E-state index contributed by atoms with van der Waals surface area (Å²) in [5.74, 6) is 0.0440. The largest absolute Gasteiger partial charge is 0.506 e. The minimum atomic E-state index is -0.0454. The molecule has 4 heteroatoms. The van der Waals surface area contributed by atoms with Gasteiger partial charge in [0.25, 0.3) is 0 Å². The number of phenols is 1. The molecule has 0 aliphatic heterocycles. The zero-order valence-electron chi connectivity index (χ0n) is 13.9. The predicted octanol–water partition coefficient (Wildman–Crippen LogP) is 3.95. The topological polar surface area (TPSA) is 53.4 Å². The number of hydrogen-bond donors (Lipinski definition) is 1. The van der Waals surface area contributed by atoms with Gasteiger partial charge in [0, 0.05) is 12.6 Å². The first-order valence-electron chi connectivity index (χ1n) is 8.26. The Labute approximate surface area is 147 Å². The Morgan fingerprint density at radius 3 is 2.36 bits per heavy atom. The number of para-hydroxylation sites is 2. The summed E-state index contributed by atoms with van der Waals surface area (Å²) in [6.45, 7) is 0.325. The normalized spacial score (nSPS) is 10.4. The third-order valence-electron chi connectivity index (χ3n) is 3.99. The fourth-order valence-corrected chi connectivity index (χ4v) is 2.68. The molecule has 2 aromatic carbocycles. The zero-order chi connectivity index (χ0) is 17.5. The lowest BCUT2D eigenvalue weighted by atomic mass is 10.1. The lowest BCUT2D eigenvalue weighted by Gasteiger charge is -2.23. The molecule has 25 heavy (non-hydrogen) atoms. The van der Waals surface area contributed by atoms with Crippen LogP contribution in [0.3, 0.4) is 0 Å².